The highest BCUT2D eigenvalue weighted by molar-refractivity contribution is 5.83. The monoisotopic (exact) mass is 236 g/mol. The molecule has 0 amide bonds. The van der Waals surface area contributed by atoms with Crippen LogP contribution in [0.4, 0.5) is 0 Å². The van der Waals surface area contributed by atoms with Gasteiger partial charge < -0.3 is 4.84 Å². The minimum Gasteiger partial charge on any atom is -0.408 e. The second kappa shape index (κ2) is 4.57. The summed E-state index contributed by atoms with van der Waals surface area (Å²) in [6, 6.07) is 18.3. The smallest absolute Gasteiger partial charge is 0.140 e. The zero-order chi connectivity index (χ0) is 12.4. The van der Waals surface area contributed by atoms with Crippen molar-refractivity contribution in [1.29, 1.82) is 0 Å². The Labute approximate surface area is 106 Å². The van der Waals surface area contributed by atoms with E-state index in [1.54, 1.807) is 4.73 Å². The van der Waals surface area contributed by atoms with Gasteiger partial charge in [0.1, 0.15) is 12.8 Å². The van der Waals surface area contributed by atoms with E-state index in [1.165, 1.54) is 5.39 Å². The van der Waals surface area contributed by atoms with Crippen LogP contribution in [0.1, 0.15) is 11.1 Å². The summed E-state index contributed by atoms with van der Waals surface area (Å²) < 4.78 is 1.73. The van der Waals surface area contributed by atoms with Gasteiger partial charge in [-0.25, -0.2) is 0 Å². The lowest BCUT2D eigenvalue weighted by molar-refractivity contribution is 0.105. The molecule has 18 heavy (non-hydrogen) atoms. The predicted molar refractivity (Wildman–Crippen MR) is 72.2 cm³/mol. The third kappa shape index (κ3) is 1.97. The van der Waals surface area contributed by atoms with E-state index in [1.807, 2.05) is 43.3 Å². The van der Waals surface area contributed by atoms with Crippen molar-refractivity contribution in [3.8, 4) is 0 Å². The first kappa shape index (κ1) is 10.9. The number of rotatable bonds is 3. The second-order valence-electron chi connectivity index (χ2n) is 4.31. The molecular formula is C16H14NO. The van der Waals surface area contributed by atoms with Crippen LogP contribution in [0.25, 0.3) is 10.9 Å². The van der Waals surface area contributed by atoms with Gasteiger partial charge in [0.05, 0.1) is 5.52 Å². The largest absolute Gasteiger partial charge is 0.408 e. The molecule has 1 aromatic heterocycles. The lowest BCUT2D eigenvalue weighted by Gasteiger charge is -2.07. The Kier molecular flexibility index (Phi) is 2.77. The molecule has 1 heterocycles. The fraction of sp³-hybridized carbons (Fsp3) is 0.125. The minimum atomic E-state index is 0.551. The van der Waals surface area contributed by atoms with Crippen molar-refractivity contribution < 1.29 is 4.84 Å². The number of aryl methyl sites for hydroxylation is 1. The van der Waals surface area contributed by atoms with Gasteiger partial charge in [0.15, 0.2) is 0 Å². The third-order valence-electron chi connectivity index (χ3n) is 3.00. The van der Waals surface area contributed by atoms with Gasteiger partial charge in [0.2, 0.25) is 0 Å². The Hall–Kier alpha value is -2.22. The van der Waals surface area contributed by atoms with E-state index in [0.717, 1.165) is 16.6 Å². The SMILES string of the molecule is Cc1[c]n(OCc2ccccc2)c2ccccc12. The first-order chi connectivity index (χ1) is 8.84. The molecule has 0 saturated carbocycles. The zero-order valence-corrected chi connectivity index (χ0v) is 10.3. The maximum atomic E-state index is 5.79. The maximum absolute atomic E-state index is 5.79. The highest BCUT2D eigenvalue weighted by Gasteiger charge is 2.05. The molecule has 3 aromatic rings. The van der Waals surface area contributed by atoms with E-state index in [2.05, 4.69) is 24.4 Å². The molecular weight excluding hydrogens is 222 g/mol. The average Bonchev–Trinajstić information content (AvgIpc) is 2.75. The first-order valence-corrected chi connectivity index (χ1v) is 6.01. The Balaban J connectivity index is 1.87. The van der Waals surface area contributed by atoms with Gasteiger partial charge in [0, 0.05) is 5.39 Å². The Morgan fingerprint density at radius 2 is 1.72 bits per heavy atom. The molecule has 3 rings (SSSR count). The van der Waals surface area contributed by atoms with Crippen LogP contribution in [0.2, 0.25) is 0 Å². The summed E-state index contributed by atoms with van der Waals surface area (Å²) >= 11 is 0. The highest BCUT2D eigenvalue weighted by Crippen LogP contribution is 2.18. The van der Waals surface area contributed by atoms with Crippen LogP contribution in [0.3, 0.4) is 0 Å². The van der Waals surface area contributed by atoms with Crippen molar-refractivity contribution in [2.75, 3.05) is 0 Å². The summed E-state index contributed by atoms with van der Waals surface area (Å²) in [5.74, 6) is 0. The van der Waals surface area contributed by atoms with Crippen molar-refractivity contribution in [3.05, 3.63) is 71.9 Å². The molecule has 2 heteroatoms. The van der Waals surface area contributed by atoms with E-state index in [0.29, 0.717) is 6.61 Å². The molecule has 1 radical (unpaired) electrons. The van der Waals surface area contributed by atoms with Gasteiger partial charge in [-0.05, 0) is 24.1 Å². The number of aromatic nitrogens is 1. The van der Waals surface area contributed by atoms with E-state index < -0.39 is 0 Å². The second-order valence-corrected chi connectivity index (χ2v) is 4.31. The maximum Gasteiger partial charge on any atom is 0.140 e. The summed E-state index contributed by atoms with van der Waals surface area (Å²) in [6.45, 7) is 2.60. The lowest BCUT2D eigenvalue weighted by atomic mass is 10.2. The van der Waals surface area contributed by atoms with E-state index in [4.69, 9.17) is 4.84 Å². The topological polar surface area (TPSA) is 14.2 Å². The van der Waals surface area contributed by atoms with Gasteiger partial charge in [-0.1, -0.05) is 48.5 Å². The molecule has 2 nitrogen and oxygen atoms in total. The van der Waals surface area contributed by atoms with Gasteiger partial charge in [0.25, 0.3) is 0 Å². The summed E-state index contributed by atoms with van der Waals surface area (Å²) in [5, 5.41) is 1.19. The molecule has 0 spiro atoms. The molecule has 0 atom stereocenters. The van der Waals surface area contributed by atoms with E-state index >= 15 is 0 Å². The lowest BCUT2D eigenvalue weighted by Crippen LogP contribution is -2.09. The normalized spacial score (nSPS) is 10.7. The molecule has 2 aromatic carbocycles. The molecule has 0 fully saturated rings. The van der Waals surface area contributed by atoms with Crippen molar-refractivity contribution in [3.63, 3.8) is 0 Å². The van der Waals surface area contributed by atoms with Crippen LogP contribution in [0.15, 0.2) is 54.6 Å². The van der Waals surface area contributed by atoms with Crippen LogP contribution in [0, 0.1) is 13.1 Å². The number of para-hydroxylation sites is 1. The van der Waals surface area contributed by atoms with Gasteiger partial charge in [-0.15, -0.1) is 0 Å². The number of hydrogen-bond acceptors (Lipinski definition) is 1. The quantitative estimate of drug-likeness (QED) is 0.680. The summed E-state index contributed by atoms with van der Waals surface area (Å²) in [4.78, 5) is 5.79. The molecule has 89 valence electrons. The molecule has 0 aliphatic heterocycles. The van der Waals surface area contributed by atoms with Gasteiger partial charge in [-0.2, -0.15) is 4.73 Å². The highest BCUT2D eigenvalue weighted by atomic mass is 16.7. The third-order valence-corrected chi connectivity index (χ3v) is 3.00. The Bertz CT molecular complexity index is 655. The Morgan fingerprint density at radius 3 is 2.56 bits per heavy atom. The zero-order valence-electron chi connectivity index (χ0n) is 10.3. The molecule has 0 aliphatic rings. The molecule has 0 saturated heterocycles. The van der Waals surface area contributed by atoms with Crippen LogP contribution >= 0.6 is 0 Å². The van der Waals surface area contributed by atoms with Crippen molar-refractivity contribution >= 4 is 10.9 Å². The van der Waals surface area contributed by atoms with Crippen LogP contribution in [0.5, 0.6) is 0 Å². The average molecular weight is 236 g/mol. The van der Waals surface area contributed by atoms with Crippen LogP contribution < -0.4 is 4.84 Å². The van der Waals surface area contributed by atoms with Gasteiger partial charge in [-0.3, -0.25) is 0 Å². The fourth-order valence-corrected chi connectivity index (χ4v) is 2.06. The number of nitrogens with zero attached hydrogens (tertiary/aromatic N) is 1. The molecule has 0 bridgehead atoms. The summed E-state index contributed by atoms with van der Waals surface area (Å²) in [7, 11) is 0. The predicted octanol–water partition coefficient (Wildman–Crippen LogP) is 3.38. The standard InChI is InChI=1S/C16H14NO/c1-13-11-17(16-10-6-5-9-15(13)16)18-12-14-7-3-2-4-8-14/h2-10H,12H2,1H3. The van der Waals surface area contributed by atoms with E-state index in [9.17, 15) is 0 Å². The van der Waals surface area contributed by atoms with Crippen molar-refractivity contribution in [2.45, 2.75) is 13.5 Å². The minimum absolute atomic E-state index is 0.551. The van der Waals surface area contributed by atoms with Gasteiger partial charge >= 0.3 is 0 Å². The van der Waals surface area contributed by atoms with Crippen molar-refractivity contribution in [2.24, 2.45) is 0 Å². The molecule has 0 aliphatic carbocycles. The van der Waals surface area contributed by atoms with Crippen molar-refractivity contribution in [1.82, 2.24) is 4.73 Å². The number of fused-ring (bicyclic) bond motifs is 1. The summed E-state index contributed by atoms with van der Waals surface area (Å²) in [6.07, 6.45) is 3.22. The Morgan fingerprint density at radius 1 is 1.00 bits per heavy atom. The van der Waals surface area contributed by atoms with Crippen LogP contribution in [-0.2, 0) is 6.61 Å². The van der Waals surface area contributed by atoms with Crippen LogP contribution in [-0.4, -0.2) is 4.73 Å². The number of hydrogen-bond donors (Lipinski definition) is 0. The number of benzene rings is 2. The molecule has 0 N–H and O–H groups in total. The van der Waals surface area contributed by atoms with E-state index in [-0.39, 0.29) is 0 Å². The fourth-order valence-electron chi connectivity index (χ4n) is 2.06. The first-order valence-electron chi connectivity index (χ1n) is 6.01. The molecule has 0 unspecified atom stereocenters. The summed E-state index contributed by atoms with van der Waals surface area (Å²) in [5.41, 5.74) is 3.32.